The Labute approximate surface area is 142 Å². The number of rotatable bonds is 5. The lowest BCUT2D eigenvalue weighted by Gasteiger charge is -2.19. The van der Waals surface area contributed by atoms with Crippen molar-refractivity contribution >= 4 is 31.9 Å². The normalized spacial score (nSPS) is 12.9. The van der Waals surface area contributed by atoms with Gasteiger partial charge in [0.05, 0.1) is 29.0 Å². The van der Waals surface area contributed by atoms with E-state index in [1.807, 2.05) is 16.9 Å². The van der Waals surface area contributed by atoms with E-state index in [2.05, 4.69) is 75.0 Å². The standard InChI is InChI=1S/C15H20Br2N4/c1-10-8-11(16)4-5-12(10)14(18)15-13(17)9-19-21(15)7-6-20(2)3/h4-5,8-9,14H,6-7,18H2,1-3H3. The van der Waals surface area contributed by atoms with Gasteiger partial charge in [0.15, 0.2) is 0 Å². The molecule has 0 amide bonds. The molecule has 0 radical (unpaired) electrons. The van der Waals surface area contributed by atoms with Crippen LogP contribution < -0.4 is 5.73 Å². The van der Waals surface area contributed by atoms with Crippen molar-refractivity contribution in [1.29, 1.82) is 0 Å². The molecule has 0 bridgehead atoms. The van der Waals surface area contributed by atoms with Crippen LogP contribution in [-0.4, -0.2) is 35.3 Å². The molecule has 1 aromatic carbocycles. The second-order valence-corrected chi connectivity index (χ2v) is 7.15. The van der Waals surface area contributed by atoms with Crippen LogP contribution >= 0.6 is 31.9 Å². The predicted molar refractivity (Wildman–Crippen MR) is 93.4 cm³/mol. The van der Waals surface area contributed by atoms with E-state index in [1.165, 1.54) is 5.56 Å². The van der Waals surface area contributed by atoms with E-state index in [4.69, 9.17) is 5.73 Å². The van der Waals surface area contributed by atoms with Gasteiger partial charge in [-0.25, -0.2) is 0 Å². The van der Waals surface area contributed by atoms with Crippen LogP contribution in [0.2, 0.25) is 0 Å². The van der Waals surface area contributed by atoms with Gasteiger partial charge in [-0.3, -0.25) is 4.68 Å². The monoisotopic (exact) mass is 414 g/mol. The molecular formula is C15H20Br2N4. The van der Waals surface area contributed by atoms with Crippen molar-refractivity contribution in [3.8, 4) is 0 Å². The van der Waals surface area contributed by atoms with E-state index in [9.17, 15) is 0 Å². The van der Waals surface area contributed by atoms with Gasteiger partial charge in [-0.1, -0.05) is 22.0 Å². The Kier molecular flexibility index (Phi) is 5.60. The van der Waals surface area contributed by atoms with Crippen molar-refractivity contribution in [2.24, 2.45) is 5.73 Å². The van der Waals surface area contributed by atoms with Gasteiger partial charge in [0.2, 0.25) is 0 Å². The molecule has 0 saturated carbocycles. The fraction of sp³-hybridized carbons (Fsp3) is 0.400. The van der Waals surface area contributed by atoms with Crippen LogP contribution in [-0.2, 0) is 6.54 Å². The number of halogens is 2. The third-order valence-electron chi connectivity index (χ3n) is 3.45. The number of aromatic nitrogens is 2. The van der Waals surface area contributed by atoms with E-state index in [1.54, 1.807) is 0 Å². The van der Waals surface area contributed by atoms with Crippen molar-refractivity contribution in [3.05, 3.63) is 50.2 Å². The number of hydrogen-bond acceptors (Lipinski definition) is 3. The number of aryl methyl sites for hydroxylation is 1. The van der Waals surface area contributed by atoms with Crippen LogP contribution in [0.1, 0.15) is 22.9 Å². The number of nitrogens with two attached hydrogens (primary N) is 1. The molecule has 2 rings (SSSR count). The average Bonchev–Trinajstić information content (AvgIpc) is 2.77. The quantitative estimate of drug-likeness (QED) is 0.814. The molecular weight excluding hydrogens is 396 g/mol. The van der Waals surface area contributed by atoms with E-state index in [0.29, 0.717) is 0 Å². The van der Waals surface area contributed by atoms with Gasteiger partial charge >= 0.3 is 0 Å². The third kappa shape index (κ3) is 3.94. The molecule has 0 fully saturated rings. The summed E-state index contributed by atoms with van der Waals surface area (Å²) in [5.41, 5.74) is 9.80. The number of nitrogens with zero attached hydrogens (tertiary/aromatic N) is 3. The topological polar surface area (TPSA) is 47.1 Å². The number of benzene rings is 1. The SMILES string of the molecule is Cc1cc(Br)ccc1C(N)c1c(Br)cnn1CCN(C)C. The lowest BCUT2D eigenvalue weighted by Crippen LogP contribution is -2.24. The Morgan fingerprint density at radius 2 is 2.05 bits per heavy atom. The van der Waals surface area contributed by atoms with Gasteiger partial charge in [-0.05, 0) is 60.2 Å². The molecule has 6 heteroatoms. The van der Waals surface area contributed by atoms with Crippen molar-refractivity contribution in [3.63, 3.8) is 0 Å². The third-order valence-corrected chi connectivity index (χ3v) is 4.56. The van der Waals surface area contributed by atoms with Gasteiger partial charge in [-0.2, -0.15) is 5.10 Å². The van der Waals surface area contributed by atoms with Crippen LogP contribution in [0.4, 0.5) is 0 Å². The second kappa shape index (κ2) is 7.05. The number of likely N-dealkylation sites (N-methyl/N-ethyl adjacent to an activating group) is 1. The lowest BCUT2D eigenvalue weighted by atomic mass is 9.99. The zero-order valence-corrected chi connectivity index (χ0v) is 15.6. The molecule has 1 atom stereocenters. The molecule has 2 aromatic rings. The van der Waals surface area contributed by atoms with E-state index >= 15 is 0 Å². The van der Waals surface area contributed by atoms with Gasteiger partial charge in [0.1, 0.15) is 0 Å². The Bertz CT molecular complexity index is 622. The molecule has 0 aliphatic rings. The maximum Gasteiger partial charge on any atom is 0.0739 e. The zero-order chi connectivity index (χ0) is 15.6. The minimum atomic E-state index is -0.197. The minimum absolute atomic E-state index is 0.197. The van der Waals surface area contributed by atoms with Crippen LogP contribution in [0.25, 0.3) is 0 Å². The maximum atomic E-state index is 6.50. The highest BCUT2D eigenvalue weighted by Crippen LogP contribution is 2.29. The Hall–Kier alpha value is -0.690. The highest BCUT2D eigenvalue weighted by molar-refractivity contribution is 9.10. The van der Waals surface area contributed by atoms with Crippen molar-refractivity contribution in [2.45, 2.75) is 19.5 Å². The highest BCUT2D eigenvalue weighted by Gasteiger charge is 2.19. The fourth-order valence-electron chi connectivity index (χ4n) is 2.29. The smallest absolute Gasteiger partial charge is 0.0739 e. The summed E-state index contributed by atoms with van der Waals surface area (Å²) in [6.45, 7) is 3.82. The summed E-state index contributed by atoms with van der Waals surface area (Å²) in [5, 5.41) is 4.44. The molecule has 1 aromatic heterocycles. The van der Waals surface area contributed by atoms with Crippen LogP contribution in [0.15, 0.2) is 33.3 Å². The molecule has 1 unspecified atom stereocenters. The molecule has 2 N–H and O–H groups in total. The molecule has 21 heavy (non-hydrogen) atoms. The first-order chi connectivity index (χ1) is 9.90. The van der Waals surface area contributed by atoms with E-state index in [-0.39, 0.29) is 6.04 Å². The van der Waals surface area contributed by atoms with E-state index < -0.39 is 0 Å². The van der Waals surface area contributed by atoms with Gasteiger partial charge in [0, 0.05) is 11.0 Å². The van der Waals surface area contributed by atoms with E-state index in [0.717, 1.165) is 33.3 Å². The van der Waals surface area contributed by atoms with Crippen LogP contribution in [0.5, 0.6) is 0 Å². The molecule has 0 saturated heterocycles. The predicted octanol–water partition coefficient (Wildman–Crippen LogP) is 3.33. The van der Waals surface area contributed by atoms with Gasteiger partial charge in [-0.15, -0.1) is 0 Å². The average molecular weight is 416 g/mol. The highest BCUT2D eigenvalue weighted by atomic mass is 79.9. The Morgan fingerprint density at radius 1 is 1.33 bits per heavy atom. The molecule has 114 valence electrons. The Morgan fingerprint density at radius 3 is 2.67 bits per heavy atom. The summed E-state index contributed by atoms with van der Waals surface area (Å²) in [5.74, 6) is 0. The summed E-state index contributed by atoms with van der Waals surface area (Å²) >= 11 is 7.07. The van der Waals surface area contributed by atoms with Crippen LogP contribution in [0, 0.1) is 6.92 Å². The minimum Gasteiger partial charge on any atom is -0.319 e. The second-order valence-electron chi connectivity index (χ2n) is 5.38. The summed E-state index contributed by atoms with van der Waals surface area (Å²) < 4.78 is 4.00. The van der Waals surface area contributed by atoms with Crippen molar-refractivity contribution in [2.75, 3.05) is 20.6 Å². The van der Waals surface area contributed by atoms with Crippen LogP contribution in [0.3, 0.4) is 0 Å². The molecule has 0 spiro atoms. The summed E-state index contributed by atoms with van der Waals surface area (Å²) in [6.07, 6.45) is 1.82. The molecule has 4 nitrogen and oxygen atoms in total. The molecule has 0 aliphatic heterocycles. The molecule has 1 heterocycles. The summed E-state index contributed by atoms with van der Waals surface area (Å²) in [4.78, 5) is 2.13. The largest absolute Gasteiger partial charge is 0.319 e. The summed E-state index contributed by atoms with van der Waals surface area (Å²) in [6, 6.07) is 5.98. The lowest BCUT2D eigenvalue weighted by molar-refractivity contribution is 0.368. The Balaban J connectivity index is 2.34. The van der Waals surface area contributed by atoms with Gasteiger partial charge < -0.3 is 10.6 Å². The first kappa shape index (κ1) is 16.7. The van der Waals surface area contributed by atoms with Gasteiger partial charge in [0.25, 0.3) is 0 Å². The van der Waals surface area contributed by atoms with Crippen molar-refractivity contribution < 1.29 is 0 Å². The fourth-order valence-corrected chi connectivity index (χ4v) is 3.31. The maximum absolute atomic E-state index is 6.50. The number of hydrogen-bond donors (Lipinski definition) is 1. The molecule has 0 aliphatic carbocycles. The zero-order valence-electron chi connectivity index (χ0n) is 12.5. The van der Waals surface area contributed by atoms with Crippen molar-refractivity contribution in [1.82, 2.24) is 14.7 Å². The summed E-state index contributed by atoms with van der Waals surface area (Å²) in [7, 11) is 4.11. The first-order valence-electron chi connectivity index (χ1n) is 6.77. The first-order valence-corrected chi connectivity index (χ1v) is 8.36.